The van der Waals surface area contributed by atoms with Crippen molar-refractivity contribution in [2.24, 2.45) is 0 Å². The van der Waals surface area contributed by atoms with Gasteiger partial charge in [0.1, 0.15) is 6.54 Å². The molecule has 0 N–H and O–H groups in total. The first-order chi connectivity index (χ1) is 12.2. The molecular weight excluding hydrogens is 396 g/mol. The zero-order valence-corrected chi connectivity index (χ0v) is 14.9. The van der Waals surface area contributed by atoms with Gasteiger partial charge in [-0.1, -0.05) is 51.9 Å². The third-order valence-corrected chi connectivity index (χ3v) is 4.90. The normalized spacial score (nSPS) is 31.0. The first-order valence-electron chi connectivity index (χ1n) is 8.94. The topological polar surface area (TPSA) is 0 Å². The summed E-state index contributed by atoms with van der Waals surface area (Å²) in [5, 5.41) is 0. The Morgan fingerprint density at radius 1 is 0.667 bits per heavy atom. The quantitative estimate of drug-likeness (QED) is 0.154. The lowest BCUT2D eigenvalue weighted by Gasteiger charge is -2.48. The molecule has 0 bridgehead atoms. The van der Waals surface area contributed by atoms with E-state index in [0.717, 1.165) is 32.1 Å². The smallest absolute Gasteiger partial charge is 0.192 e. The van der Waals surface area contributed by atoms with Crippen LogP contribution in [0.3, 0.4) is 0 Å². The average molecular weight is 420 g/mol. The molecule has 0 aromatic rings. The first-order valence-corrected chi connectivity index (χ1v) is 8.94. The third-order valence-electron chi connectivity index (χ3n) is 4.90. The fourth-order valence-electron chi connectivity index (χ4n) is 3.09. The molecule has 0 aliphatic carbocycles. The summed E-state index contributed by atoms with van der Waals surface area (Å²) in [6.07, 6.45) is 0.326. The van der Waals surface area contributed by atoms with Gasteiger partial charge in [0, 0.05) is 10.9 Å². The molecule has 0 aromatic carbocycles. The van der Waals surface area contributed by atoms with E-state index in [-0.39, 0.29) is 6.42 Å². The number of halogens is 10. The van der Waals surface area contributed by atoms with E-state index in [4.69, 9.17) is 0 Å². The largest absolute Gasteiger partial charge is 0.500 e. The first kappa shape index (κ1) is 24.3. The second kappa shape index (κ2) is 8.32. The highest BCUT2D eigenvalue weighted by molar-refractivity contribution is 5.06. The van der Waals surface area contributed by atoms with Crippen LogP contribution in [0.4, 0.5) is 44.0 Å². The lowest BCUT2D eigenvalue weighted by Crippen LogP contribution is -2.83. The van der Waals surface area contributed by atoms with Gasteiger partial charge in [0.25, 0.3) is 0 Å². The van der Waals surface area contributed by atoms with Crippen molar-refractivity contribution in [1.29, 1.82) is 0 Å². The molecule has 1 nitrogen and oxygen atoms in total. The molecule has 0 radical (unpaired) electrons. The van der Waals surface area contributed by atoms with Crippen LogP contribution < -0.4 is 0 Å². The van der Waals surface area contributed by atoms with Crippen LogP contribution >= 0.6 is 0 Å². The highest BCUT2D eigenvalue weighted by Crippen LogP contribution is 2.63. The van der Waals surface area contributed by atoms with E-state index in [9.17, 15) is 44.0 Å². The summed E-state index contributed by atoms with van der Waals surface area (Å²) >= 11 is 0. The van der Waals surface area contributed by atoms with E-state index >= 15 is 0 Å². The highest BCUT2D eigenvalue weighted by atomic mass is 19.4. The fourth-order valence-corrected chi connectivity index (χ4v) is 3.09. The van der Waals surface area contributed by atoms with Gasteiger partial charge in [0.2, 0.25) is 0 Å². The maximum absolute atomic E-state index is 14.3. The SMILES string of the molecule is CCCCCCCCCCC[N+]1(F)C(F)C(F)(F)C(F)(F)C(F)(F)C1(F)F. The van der Waals surface area contributed by atoms with Crippen LogP contribution in [0.5, 0.6) is 0 Å². The third kappa shape index (κ3) is 3.89. The predicted molar refractivity (Wildman–Crippen MR) is 78.1 cm³/mol. The Balaban J connectivity index is 2.72. The lowest BCUT2D eigenvalue weighted by atomic mass is 9.94. The molecule has 27 heavy (non-hydrogen) atoms. The lowest BCUT2D eigenvalue weighted by molar-refractivity contribution is -1.17. The zero-order chi connectivity index (χ0) is 21.1. The van der Waals surface area contributed by atoms with Crippen LogP contribution in [-0.2, 0) is 0 Å². The number of nitrogens with zero attached hydrogens (tertiary/aromatic N) is 1. The number of likely N-dealkylation sites (tertiary alicyclic amines) is 1. The van der Waals surface area contributed by atoms with Crippen LogP contribution in [0.2, 0.25) is 0 Å². The van der Waals surface area contributed by atoms with E-state index in [1.807, 2.05) is 6.92 Å². The molecule has 1 heterocycles. The maximum Gasteiger partial charge on any atom is 0.500 e. The molecular formula is C16H24F10N+. The molecule has 11 heteroatoms. The Bertz CT molecular complexity index is 482. The number of quaternary nitrogens is 1. The summed E-state index contributed by atoms with van der Waals surface area (Å²) < 4.78 is 130. The van der Waals surface area contributed by atoms with Crippen molar-refractivity contribution >= 4 is 0 Å². The Kier molecular flexibility index (Phi) is 7.49. The predicted octanol–water partition coefficient (Wildman–Crippen LogP) is 7.03. The van der Waals surface area contributed by atoms with E-state index < -0.39 is 47.8 Å². The highest BCUT2D eigenvalue weighted by Gasteiger charge is 2.98. The van der Waals surface area contributed by atoms with Crippen LogP contribution in [0.25, 0.3) is 0 Å². The van der Waals surface area contributed by atoms with Crippen molar-refractivity contribution in [3.8, 4) is 0 Å². The van der Waals surface area contributed by atoms with Gasteiger partial charge >= 0.3 is 30.1 Å². The molecule has 1 aliphatic heterocycles. The van der Waals surface area contributed by atoms with E-state index in [0.29, 0.717) is 12.8 Å². The van der Waals surface area contributed by atoms with Gasteiger partial charge in [0.15, 0.2) is 0 Å². The Morgan fingerprint density at radius 3 is 1.52 bits per heavy atom. The van der Waals surface area contributed by atoms with Crippen LogP contribution in [-0.4, -0.2) is 41.4 Å². The van der Waals surface area contributed by atoms with Gasteiger partial charge in [-0.25, -0.2) is 0 Å². The van der Waals surface area contributed by atoms with Gasteiger partial charge in [-0.2, -0.15) is 30.7 Å². The molecule has 2 atom stereocenters. The molecule has 1 rings (SSSR count). The number of hydrogen-bond donors (Lipinski definition) is 0. The van der Waals surface area contributed by atoms with Gasteiger partial charge in [0.05, 0.1) is 0 Å². The van der Waals surface area contributed by atoms with Gasteiger partial charge < -0.3 is 0 Å². The number of alkyl halides is 9. The molecule has 1 fully saturated rings. The molecule has 0 spiro atoms. The second-order valence-electron chi connectivity index (χ2n) is 6.97. The molecule has 1 aliphatic rings. The number of piperidine rings is 1. The van der Waals surface area contributed by atoms with Crippen molar-refractivity contribution in [3.05, 3.63) is 0 Å². The van der Waals surface area contributed by atoms with Crippen LogP contribution in [0.1, 0.15) is 64.7 Å². The summed E-state index contributed by atoms with van der Waals surface area (Å²) in [4.78, 5) is 0. The van der Waals surface area contributed by atoms with Crippen molar-refractivity contribution in [1.82, 2.24) is 0 Å². The van der Waals surface area contributed by atoms with Gasteiger partial charge in [-0.3, -0.25) is 0 Å². The minimum atomic E-state index is -6.75. The molecule has 0 amide bonds. The van der Waals surface area contributed by atoms with E-state index in [1.54, 1.807) is 0 Å². The molecule has 2 unspecified atom stereocenters. The number of unbranched alkanes of at least 4 members (excludes halogenated alkanes) is 8. The molecule has 162 valence electrons. The molecule has 0 aromatic heterocycles. The summed E-state index contributed by atoms with van der Waals surface area (Å²) in [5.41, 5.74) is 0. The van der Waals surface area contributed by atoms with Crippen LogP contribution in [0, 0.1) is 0 Å². The number of rotatable bonds is 10. The number of hydrogen-bond acceptors (Lipinski definition) is 0. The van der Waals surface area contributed by atoms with Crippen molar-refractivity contribution in [2.75, 3.05) is 6.54 Å². The summed E-state index contributed by atoms with van der Waals surface area (Å²) in [5.74, 6) is -19.8. The maximum atomic E-state index is 14.3. The Morgan fingerprint density at radius 2 is 1.07 bits per heavy atom. The fraction of sp³-hybridized carbons (Fsp3) is 1.00. The standard InChI is InChI=1S/C16H24F10N/c1-2-3-4-5-6-7-8-9-10-11-27(26)12(17)13(18,19)14(20,21)15(22,23)16(27,24)25/h12H,2-11H2,1H3/q+1. The minimum Gasteiger partial charge on any atom is -0.192 e. The van der Waals surface area contributed by atoms with Gasteiger partial charge in [-0.15, -0.1) is 8.78 Å². The summed E-state index contributed by atoms with van der Waals surface area (Å²) in [6.45, 7) is 0.262. The summed E-state index contributed by atoms with van der Waals surface area (Å²) in [6, 6.07) is -6.34. The molecule has 0 saturated carbocycles. The Hall–Kier alpha value is -0.740. The van der Waals surface area contributed by atoms with E-state index in [1.165, 1.54) is 0 Å². The van der Waals surface area contributed by atoms with Crippen LogP contribution in [0.15, 0.2) is 0 Å². The molecule has 1 saturated heterocycles. The minimum absolute atomic E-state index is 0.00592. The van der Waals surface area contributed by atoms with Crippen molar-refractivity contribution < 1.29 is 48.7 Å². The van der Waals surface area contributed by atoms with Gasteiger partial charge in [-0.05, 0) is 11.1 Å². The van der Waals surface area contributed by atoms with Crippen molar-refractivity contribution in [2.45, 2.75) is 94.8 Å². The monoisotopic (exact) mass is 420 g/mol. The van der Waals surface area contributed by atoms with Crippen molar-refractivity contribution in [3.63, 3.8) is 0 Å². The Labute approximate surface area is 151 Å². The summed E-state index contributed by atoms with van der Waals surface area (Å²) in [7, 11) is 0. The average Bonchev–Trinajstić information content (AvgIpc) is 2.57. The van der Waals surface area contributed by atoms with E-state index in [2.05, 4.69) is 0 Å². The zero-order valence-electron chi connectivity index (χ0n) is 14.9. The second-order valence-corrected chi connectivity index (χ2v) is 6.97.